The lowest BCUT2D eigenvalue weighted by Gasteiger charge is -2.55. The summed E-state index contributed by atoms with van der Waals surface area (Å²) >= 11 is 0. The zero-order chi connectivity index (χ0) is 20.8. The molecule has 3 aliphatic heterocycles. The van der Waals surface area contributed by atoms with Crippen LogP contribution in [0.2, 0.25) is 0 Å². The summed E-state index contributed by atoms with van der Waals surface area (Å²) < 4.78 is 32.4. The number of nitrogens with zero attached hydrogens (tertiary/aromatic N) is 4. The molecule has 1 N–H and O–H groups in total. The van der Waals surface area contributed by atoms with E-state index in [-0.39, 0.29) is 17.0 Å². The standard InChI is InChI=1S/C19H23N5O4S/c1-12-8-18(21-13(2)20-12)23-10-15-9-16(11-23)24(15)29(26,27)17-6-4-14(5-7-17)22-19(25)28-3/h4-8,15-16H,9-11H2,1-3H3,(H,22,25). The van der Waals surface area contributed by atoms with Crippen LogP contribution in [0.4, 0.5) is 16.3 Å². The molecule has 154 valence electrons. The Hall–Kier alpha value is -2.72. The maximum atomic E-state index is 13.1. The molecule has 2 unspecified atom stereocenters. The number of rotatable bonds is 4. The van der Waals surface area contributed by atoms with Crippen molar-refractivity contribution in [3.8, 4) is 0 Å². The Labute approximate surface area is 169 Å². The number of ether oxygens (including phenoxy) is 1. The van der Waals surface area contributed by atoms with E-state index in [4.69, 9.17) is 0 Å². The number of methoxy groups -OCH3 is 1. The number of benzene rings is 1. The van der Waals surface area contributed by atoms with E-state index in [1.165, 1.54) is 19.2 Å². The molecule has 4 heterocycles. The van der Waals surface area contributed by atoms with Crippen molar-refractivity contribution in [2.45, 2.75) is 37.2 Å². The topological polar surface area (TPSA) is 105 Å². The van der Waals surface area contributed by atoms with Crippen molar-refractivity contribution in [3.63, 3.8) is 0 Å². The predicted molar refractivity (Wildman–Crippen MR) is 107 cm³/mol. The Balaban J connectivity index is 1.49. The van der Waals surface area contributed by atoms with Gasteiger partial charge < -0.3 is 9.64 Å². The number of piperazine rings is 1. The molecule has 2 bridgehead atoms. The van der Waals surface area contributed by atoms with E-state index < -0.39 is 16.1 Å². The van der Waals surface area contributed by atoms with E-state index in [9.17, 15) is 13.2 Å². The van der Waals surface area contributed by atoms with Crippen LogP contribution in [0.15, 0.2) is 35.2 Å². The van der Waals surface area contributed by atoms with E-state index >= 15 is 0 Å². The molecule has 3 aliphatic rings. The summed E-state index contributed by atoms with van der Waals surface area (Å²) in [7, 11) is -2.34. The smallest absolute Gasteiger partial charge is 0.411 e. The lowest BCUT2D eigenvalue weighted by molar-refractivity contribution is 0.0874. The molecule has 10 heteroatoms. The second-order valence-electron chi connectivity index (χ2n) is 7.34. The maximum absolute atomic E-state index is 13.1. The van der Waals surface area contributed by atoms with Crippen molar-refractivity contribution < 1.29 is 17.9 Å². The van der Waals surface area contributed by atoms with E-state index in [0.29, 0.717) is 24.6 Å². The molecule has 0 saturated carbocycles. The van der Waals surface area contributed by atoms with Crippen LogP contribution >= 0.6 is 0 Å². The van der Waals surface area contributed by atoms with Gasteiger partial charge in [0.1, 0.15) is 11.6 Å². The SMILES string of the molecule is COC(=O)Nc1ccc(S(=O)(=O)N2C3CC2CN(c2cc(C)nc(C)n2)C3)cc1. The number of piperidine rings is 1. The molecular formula is C19H23N5O4S. The predicted octanol–water partition coefficient (Wildman–Crippen LogP) is 1.92. The van der Waals surface area contributed by atoms with E-state index in [0.717, 1.165) is 17.9 Å². The molecule has 0 aliphatic carbocycles. The highest BCUT2D eigenvalue weighted by molar-refractivity contribution is 7.89. The molecule has 3 saturated heterocycles. The molecular weight excluding hydrogens is 394 g/mol. The van der Waals surface area contributed by atoms with Crippen molar-refractivity contribution in [3.05, 3.63) is 41.9 Å². The number of aromatic nitrogens is 2. The van der Waals surface area contributed by atoms with E-state index in [1.54, 1.807) is 16.4 Å². The fourth-order valence-corrected chi connectivity index (χ4v) is 5.83. The maximum Gasteiger partial charge on any atom is 0.411 e. The van der Waals surface area contributed by atoms with Gasteiger partial charge in [-0.25, -0.2) is 23.2 Å². The van der Waals surface area contributed by atoms with Gasteiger partial charge in [0.05, 0.1) is 12.0 Å². The van der Waals surface area contributed by atoms with Gasteiger partial charge in [-0.15, -0.1) is 0 Å². The molecule has 0 spiro atoms. The van der Waals surface area contributed by atoms with Crippen LogP contribution in [0, 0.1) is 13.8 Å². The van der Waals surface area contributed by atoms with E-state index in [1.807, 2.05) is 19.9 Å². The van der Waals surface area contributed by atoms with Crippen LogP contribution < -0.4 is 10.2 Å². The Morgan fingerprint density at radius 1 is 1.14 bits per heavy atom. The first-order valence-electron chi connectivity index (χ1n) is 9.34. The lowest BCUT2D eigenvalue weighted by Crippen LogP contribution is -2.70. The average molecular weight is 417 g/mol. The van der Waals surface area contributed by atoms with Gasteiger partial charge in [-0.3, -0.25) is 5.32 Å². The Morgan fingerprint density at radius 2 is 1.79 bits per heavy atom. The molecule has 2 atom stereocenters. The molecule has 3 fully saturated rings. The summed E-state index contributed by atoms with van der Waals surface area (Å²) in [6, 6.07) is 7.89. The Morgan fingerprint density at radius 3 is 2.38 bits per heavy atom. The molecule has 0 radical (unpaired) electrons. The highest BCUT2D eigenvalue weighted by Gasteiger charge is 2.51. The monoisotopic (exact) mass is 417 g/mol. The number of anilines is 2. The number of carbonyl (C=O) groups is 1. The minimum atomic E-state index is -3.60. The number of hydrogen-bond acceptors (Lipinski definition) is 7. The molecule has 1 amide bonds. The third-order valence-electron chi connectivity index (χ3n) is 5.26. The summed E-state index contributed by atoms with van der Waals surface area (Å²) in [5.74, 6) is 1.56. The van der Waals surface area contributed by atoms with Gasteiger partial charge in [0.2, 0.25) is 10.0 Å². The second-order valence-corrected chi connectivity index (χ2v) is 9.18. The molecule has 1 aromatic heterocycles. The Bertz CT molecular complexity index is 1010. The number of amides is 1. The minimum Gasteiger partial charge on any atom is -0.453 e. The number of nitrogens with one attached hydrogen (secondary N) is 1. The van der Waals surface area contributed by atoms with Crippen LogP contribution in [0.1, 0.15) is 17.9 Å². The van der Waals surface area contributed by atoms with Crippen LogP contribution in [-0.2, 0) is 14.8 Å². The summed E-state index contributed by atoms with van der Waals surface area (Å²) in [5, 5.41) is 2.51. The van der Waals surface area contributed by atoms with Gasteiger partial charge in [0.25, 0.3) is 0 Å². The minimum absolute atomic E-state index is 0.0813. The normalized spacial score (nSPS) is 21.4. The van der Waals surface area contributed by atoms with Gasteiger partial charge in [-0.1, -0.05) is 0 Å². The summed E-state index contributed by atoms with van der Waals surface area (Å²) in [6.07, 6.45) is 0.244. The van der Waals surface area contributed by atoms with Gasteiger partial charge in [-0.2, -0.15) is 4.31 Å². The zero-order valence-electron chi connectivity index (χ0n) is 16.5. The number of sulfonamides is 1. The van der Waals surface area contributed by atoms with Crippen molar-refractivity contribution in [1.82, 2.24) is 14.3 Å². The molecule has 2 aromatic rings. The van der Waals surface area contributed by atoms with Gasteiger partial charge in [0.15, 0.2) is 0 Å². The van der Waals surface area contributed by atoms with Crippen molar-refractivity contribution >= 4 is 27.6 Å². The van der Waals surface area contributed by atoms with Gasteiger partial charge >= 0.3 is 6.09 Å². The number of fused-ring (bicyclic) bond motifs is 2. The number of carbonyl (C=O) groups excluding carboxylic acids is 1. The van der Waals surface area contributed by atoms with Crippen molar-refractivity contribution in [2.24, 2.45) is 0 Å². The average Bonchev–Trinajstić information content (AvgIpc) is 2.67. The van der Waals surface area contributed by atoms with Gasteiger partial charge in [-0.05, 0) is 44.5 Å². The van der Waals surface area contributed by atoms with Crippen LogP contribution in [-0.4, -0.2) is 61.1 Å². The molecule has 5 rings (SSSR count). The largest absolute Gasteiger partial charge is 0.453 e. The first-order valence-corrected chi connectivity index (χ1v) is 10.8. The quantitative estimate of drug-likeness (QED) is 0.810. The van der Waals surface area contributed by atoms with Gasteiger partial charge in [0, 0.05) is 42.6 Å². The van der Waals surface area contributed by atoms with Crippen LogP contribution in [0.5, 0.6) is 0 Å². The zero-order valence-corrected chi connectivity index (χ0v) is 17.3. The summed E-state index contributed by atoms with van der Waals surface area (Å²) in [4.78, 5) is 22.4. The van der Waals surface area contributed by atoms with Crippen molar-refractivity contribution in [2.75, 3.05) is 30.4 Å². The Kier molecular flexibility index (Phi) is 4.91. The van der Waals surface area contributed by atoms with E-state index in [2.05, 4.69) is 24.9 Å². The molecule has 1 aromatic carbocycles. The number of aryl methyl sites for hydroxylation is 2. The van der Waals surface area contributed by atoms with Crippen LogP contribution in [0.25, 0.3) is 0 Å². The van der Waals surface area contributed by atoms with Crippen LogP contribution in [0.3, 0.4) is 0 Å². The first kappa shape index (κ1) is 19.6. The third-order valence-corrected chi connectivity index (χ3v) is 7.28. The third kappa shape index (κ3) is 3.65. The lowest BCUT2D eigenvalue weighted by atomic mass is 9.91. The first-order chi connectivity index (χ1) is 13.8. The second kappa shape index (κ2) is 7.27. The summed E-state index contributed by atoms with van der Waals surface area (Å²) in [6.45, 7) is 5.00. The number of hydrogen-bond donors (Lipinski definition) is 1. The molecule has 9 nitrogen and oxygen atoms in total. The van der Waals surface area contributed by atoms with Crippen molar-refractivity contribution in [1.29, 1.82) is 0 Å². The highest BCUT2D eigenvalue weighted by atomic mass is 32.2. The fraction of sp³-hybridized carbons (Fsp3) is 0.421. The highest BCUT2D eigenvalue weighted by Crippen LogP contribution is 2.38. The summed E-state index contributed by atoms with van der Waals surface area (Å²) in [5.41, 5.74) is 1.37. The fourth-order valence-electron chi connectivity index (χ4n) is 4.02. The molecule has 29 heavy (non-hydrogen) atoms.